The van der Waals surface area contributed by atoms with Crippen molar-refractivity contribution in [1.29, 1.82) is 0 Å². The highest BCUT2D eigenvalue weighted by atomic mass is 32.1. The summed E-state index contributed by atoms with van der Waals surface area (Å²) in [5.41, 5.74) is 0.820. The number of fused-ring (bicyclic) bond motifs is 1. The Morgan fingerprint density at radius 1 is 1.15 bits per heavy atom. The van der Waals surface area contributed by atoms with Crippen LogP contribution < -0.4 is 9.47 Å². The average molecular weight is 290 g/mol. The molecule has 0 fully saturated rings. The second-order valence-corrected chi connectivity index (χ2v) is 6.84. The van der Waals surface area contributed by atoms with Gasteiger partial charge < -0.3 is 14.6 Å². The van der Waals surface area contributed by atoms with Gasteiger partial charge in [0.25, 0.3) is 0 Å². The predicted molar refractivity (Wildman–Crippen MR) is 79.6 cm³/mol. The maximum atomic E-state index is 10.4. The molecule has 106 valence electrons. The van der Waals surface area contributed by atoms with E-state index in [9.17, 15) is 5.11 Å². The maximum absolute atomic E-state index is 10.4. The third kappa shape index (κ3) is 2.67. The Morgan fingerprint density at radius 2 is 1.90 bits per heavy atom. The molecule has 1 aliphatic rings. The standard InChI is InChI=1S/C16H18O3S/c1-16(2)9-18-12-6-5-11(8-13(12)19-10-16)15(17)14-4-3-7-20-14/h3-8,15,17H,9-10H2,1-2H3/t15-/m0/s1. The third-order valence-corrected chi connectivity index (χ3v) is 4.26. The molecule has 20 heavy (non-hydrogen) atoms. The van der Waals surface area contributed by atoms with Crippen LogP contribution in [0.3, 0.4) is 0 Å². The summed E-state index contributed by atoms with van der Waals surface area (Å²) < 4.78 is 11.6. The summed E-state index contributed by atoms with van der Waals surface area (Å²) in [7, 11) is 0. The molecule has 2 aromatic rings. The van der Waals surface area contributed by atoms with E-state index in [0.717, 1.165) is 16.2 Å². The van der Waals surface area contributed by atoms with Gasteiger partial charge in [-0.2, -0.15) is 0 Å². The molecule has 0 spiro atoms. The van der Waals surface area contributed by atoms with Gasteiger partial charge in [0.2, 0.25) is 0 Å². The third-order valence-electron chi connectivity index (χ3n) is 3.33. The van der Waals surface area contributed by atoms with E-state index in [4.69, 9.17) is 9.47 Å². The molecule has 0 aliphatic carbocycles. The van der Waals surface area contributed by atoms with Gasteiger partial charge in [0.05, 0.1) is 13.2 Å². The van der Waals surface area contributed by atoms with E-state index in [-0.39, 0.29) is 5.41 Å². The Kier molecular flexibility index (Phi) is 3.44. The summed E-state index contributed by atoms with van der Waals surface area (Å²) >= 11 is 1.55. The fourth-order valence-corrected chi connectivity index (χ4v) is 2.86. The largest absolute Gasteiger partial charge is 0.489 e. The number of ether oxygens (including phenoxy) is 2. The molecule has 0 amide bonds. The van der Waals surface area contributed by atoms with E-state index < -0.39 is 6.10 Å². The summed E-state index contributed by atoms with van der Waals surface area (Å²) in [5.74, 6) is 1.46. The lowest BCUT2D eigenvalue weighted by molar-refractivity contribution is 0.140. The van der Waals surface area contributed by atoms with E-state index in [1.54, 1.807) is 11.3 Å². The van der Waals surface area contributed by atoms with Crippen molar-refractivity contribution in [3.8, 4) is 11.5 Å². The minimum Gasteiger partial charge on any atom is -0.489 e. The molecular weight excluding hydrogens is 272 g/mol. The molecule has 3 nitrogen and oxygen atoms in total. The van der Waals surface area contributed by atoms with Crippen molar-refractivity contribution in [2.45, 2.75) is 20.0 Å². The fourth-order valence-electron chi connectivity index (χ4n) is 2.13. The lowest BCUT2D eigenvalue weighted by atomic mass is 9.97. The monoisotopic (exact) mass is 290 g/mol. The molecule has 0 unspecified atom stereocenters. The van der Waals surface area contributed by atoms with Gasteiger partial charge >= 0.3 is 0 Å². The Balaban J connectivity index is 1.89. The number of benzene rings is 1. The van der Waals surface area contributed by atoms with E-state index >= 15 is 0 Å². The first-order chi connectivity index (χ1) is 9.55. The van der Waals surface area contributed by atoms with E-state index in [1.165, 1.54) is 0 Å². The van der Waals surface area contributed by atoms with Gasteiger partial charge in [-0.15, -0.1) is 11.3 Å². The maximum Gasteiger partial charge on any atom is 0.161 e. The van der Waals surface area contributed by atoms with Crippen molar-refractivity contribution in [2.24, 2.45) is 5.41 Å². The lowest BCUT2D eigenvalue weighted by Gasteiger charge is -2.19. The number of thiophene rings is 1. The molecular formula is C16H18O3S. The van der Waals surface area contributed by atoms with Crippen LogP contribution >= 0.6 is 11.3 Å². The molecule has 3 rings (SSSR count). The summed E-state index contributed by atoms with van der Waals surface area (Å²) in [5, 5.41) is 12.3. The molecule has 1 aromatic heterocycles. The van der Waals surface area contributed by atoms with Gasteiger partial charge in [-0.3, -0.25) is 0 Å². The minimum absolute atomic E-state index is 0.00838. The zero-order valence-electron chi connectivity index (χ0n) is 11.6. The first-order valence-corrected chi connectivity index (χ1v) is 7.54. The second kappa shape index (κ2) is 5.11. The van der Waals surface area contributed by atoms with E-state index in [2.05, 4.69) is 13.8 Å². The van der Waals surface area contributed by atoms with Crippen molar-refractivity contribution in [1.82, 2.24) is 0 Å². The van der Waals surface area contributed by atoms with Crippen LogP contribution in [0.15, 0.2) is 35.7 Å². The van der Waals surface area contributed by atoms with Gasteiger partial charge in [0.15, 0.2) is 11.5 Å². The average Bonchev–Trinajstić information content (AvgIpc) is 2.92. The Morgan fingerprint density at radius 3 is 2.60 bits per heavy atom. The summed E-state index contributed by atoms with van der Waals surface area (Å²) in [4.78, 5) is 0.930. The first-order valence-electron chi connectivity index (χ1n) is 6.66. The molecule has 4 heteroatoms. The van der Waals surface area contributed by atoms with Crippen molar-refractivity contribution in [3.05, 3.63) is 46.2 Å². The van der Waals surface area contributed by atoms with Gasteiger partial charge in [-0.05, 0) is 29.1 Å². The number of hydrogen-bond donors (Lipinski definition) is 1. The van der Waals surface area contributed by atoms with Crippen LogP contribution in [-0.2, 0) is 0 Å². The van der Waals surface area contributed by atoms with E-state index in [0.29, 0.717) is 19.0 Å². The Bertz CT molecular complexity index is 590. The predicted octanol–water partition coefficient (Wildman–Crippen LogP) is 3.63. The highest BCUT2D eigenvalue weighted by molar-refractivity contribution is 7.10. The molecule has 0 saturated carbocycles. The number of rotatable bonds is 2. The van der Waals surface area contributed by atoms with Crippen molar-refractivity contribution >= 4 is 11.3 Å². The molecule has 1 N–H and O–H groups in total. The van der Waals surface area contributed by atoms with Crippen LogP contribution in [0, 0.1) is 5.41 Å². The topological polar surface area (TPSA) is 38.7 Å². The highest BCUT2D eigenvalue weighted by Crippen LogP contribution is 2.37. The van der Waals surface area contributed by atoms with Gasteiger partial charge in [0, 0.05) is 10.3 Å². The number of aliphatic hydroxyl groups is 1. The van der Waals surface area contributed by atoms with Gasteiger partial charge in [0.1, 0.15) is 6.10 Å². The van der Waals surface area contributed by atoms with Crippen LogP contribution in [0.2, 0.25) is 0 Å². The van der Waals surface area contributed by atoms with Crippen LogP contribution in [0.1, 0.15) is 30.4 Å². The molecule has 1 aromatic carbocycles. The Hall–Kier alpha value is -1.52. The van der Waals surface area contributed by atoms with Crippen LogP contribution in [-0.4, -0.2) is 18.3 Å². The molecule has 2 heterocycles. The number of aliphatic hydroxyl groups excluding tert-OH is 1. The van der Waals surface area contributed by atoms with Gasteiger partial charge in [-0.1, -0.05) is 26.0 Å². The van der Waals surface area contributed by atoms with Crippen molar-refractivity contribution in [2.75, 3.05) is 13.2 Å². The van der Waals surface area contributed by atoms with Crippen LogP contribution in [0.25, 0.3) is 0 Å². The summed E-state index contributed by atoms with van der Waals surface area (Å²) in [6.45, 7) is 5.46. The second-order valence-electron chi connectivity index (χ2n) is 5.87. The molecule has 1 aliphatic heterocycles. The van der Waals surface area contributed by atoms with Crippen LogP contribution in [0.4, 0.5) is 0 Å². The zero-order chi connectivity index (χ0) is 14.2. The van der Waals surface area contributed by atoms with Crippen molar-refractivity contribution < 1.29 is 14.6 Å². The van der Waals surface area contributed by atoms with Gasteiger partial charge in [-0.25, -0.2) is 0 Å². The minimum atomic E-state index is -0.611. The smallest absolute Gasteiger partial charge is 0.161 e. The summed E-state index contributed by atoms with van der Waals surface area (Å²) in [6, 6.07) is 9.52. The number of hydrogen-bond acceptors (Lipinski definition) is 4. The molecule has 0 radical (unpaired) electrons. The highest BCUT2D eigenvalue weighted by Gasteiger charge is 2.26. The molecule has 0 bridgehead atoms. The van der Waals surface area contributed by atoms with E-state index in [1.807, 2.05) is 35.7 Å². The lowest BCUT2D eigenvalue weighted by Crippen LogP contribution is -2.26. The first kappa shape index (κ1) is 13.5. The molecule has 1 atom stereocenters. The zero-order valence-corrected chi connectivity index (χ0v) is 12.4. The SMILES string of the molecule is CC1(C)COc2ccc([C@H](O)c3cccs3)cc2OC1. The Labute approximate surface area is 122 Å². The van der Waals surface area contributed by atoms with Crippen LogP contribution in [0.5, 0.6) is 11.5 Å². The molecule has 0 saturated heterocycles. The summed E-state index contributed by atoms with van der Waals surface area (Å²) in [6.07, 6.45) is -0.611. The fraction of sp³-hybridized carbons (Fsp3) is 0.375. The normalized spacial score (nSPS) is 18.4. The quantitative estimate of drug-likeness (QED) is 0.918. The van der Waals surface area contributed by atoms with Crippen molar-refractivity contribution in [3.63, 3.8) is 0 Å².